The lowest BCUT2D eigenvalue weighted by Gasteiger charge is -2.15. The van der Waals surface area contributed by atoms with Gasteiger partial charge in [-0.3, -0.25) is 4.79 Å². The second-order valence-corrected chi connectivity index (χ2v) is 5.62. The SMILES string of the molecule is C[C@@H](Nc1cnnc(-c2c[nH]c3ncc(F)cc23)n1)C(=O)NCC(F)(F)F. The van der Waals surface area contributed by atoms with Crippen LogP contribution in [0.3, 0.4) is 0 Å². The van der Waals surface area contributed by atoms with Gasteiger partial charge in [0.05, 0.1) is 12.4 Å². The molecule has 0 aromatic carbocycles. The molecular formula is C15H13F4N7O. The van der Waals surface area contributed by atoms with E-state index < -0.39 is 30.5 Å². The van der Waals surface area contributed by atoms with Crippen LogP contribution >= 0.6 is 0 Å². The van der Waals surface area contributed by atoms with Gasteiger partial charge >= 0.3 is 6.18 Å². The van der Waals surface area contributed by atoms with E-state index in [1.54, 1.807) is 5.32 Å². The number of halogens is 4. The molecule has 0 aliphatic heterocycles. The Hall–Kier alpha value is -3.31. The Balaban J connectivity index is 1.77. The third kappa shape index (κ3) is 4.46. The number of nitrogens with zero attached hydrogens (tertiary/aromatic N) is 4. The Labute approximate surface area is 149 Å². The minimum Gasteiger partial charge on any atom is -0.357 e. The number of anilines is 1. The van der Waals surface area contributed by atoms with Crippen LogP contribution in [0.5, 0.6) is 0 Å². The Morgan fingerprint density at radius 3 is 2.85 bits per heavy atom. The summed E-state index contributed by atoms with van der Waals surface area (Å²) in [7, 11) is 0. The Morgan fingerprint density at radius 2 is 2.11 bits per heavy atom. The molecule has 8 nitrogen and oxygen atoms in total. The summed E-state index contributed by atoms with van der Waals surface area (Å²) < 4.78 is 50.0. The maximum atomic E-state index is 13.4. The van der Waals surface area contributed by atoms with Gasteiger partial charge in [-0.15, -0.1) is 5.10 Å². The first kappa shape index (κ1) is 18.5. The summed E-state index contributed by atoms with van der Waals surface area (Å²) in [6.45, 7) is -0.0580. The zero-order chi connectivity index (χ0) is 19.6. The summed E-state index contributed by atoms with van der Waals surface area (Å²) >= 11 is 0. The molecule has 3 aromatic heterocycles. The highest BCUT2D eigenvalue weighted by atomic mass is 19.4. The predicted octanol–water partition coefficient (Wildman–Crippen LogP) is 2.03. The van der Waals surface area contributed by atoms with Crippen LogP contribution in [0.15, 0.2) is 24.7 Å². The van der Waals surface area contributed by atoms with Gasteiger partial charge in [0.15, 0.2) is 5.82 Å². The van der Waals surface area contributed by atoms with Gasteiger partial charge in [0.2, 0.25) is 5.91 Å². The second-order valence-electron chi connectivity index (χ2n) is 5.62. The Bertz CT molecular complexity index is 972. The first-order valence-electron chi connectivity index (χ1n) is 7.66. The van der Waals surface area contributed by atoms with Crippen LogP contribution in [0.4, 0.5) is 23.4 Å². The smallest absolute Gasteiger partial charge is 0.357 e. The fraction of sp³-hybridized carbons (Fsp3) is 0.267. The fourth-order valence-electron chi connectivity index (χ4n) is 2.28. The van der Waals surface area contributed by atoms with Crippen molar-refractivity contribution in [2.45, 2.75) is 19.1 Å². The summed E-state index contributed by atoms with van der Waals surface area (Å²) in [6.07, 6.45) is -0.708. The van der Waals surface area contributed by atoms with Crippen molar-refractivity contribution in [1.29, 1.82) is 0 Å². The maximum absolute atomic E-state index is 13.4. The van der Waals surface area contributed by atoms with Gasteiger partial charge in [0.25, 0.3) is 0 Å². The molecule has 142 valence electrons. The van der Waals surface area contributed by atoms with E-state index in [0.717, 1.165) is 6.20 Å². The van der Waals surface area contributed by atoms with E-state index in [-0.39, 0.29) is 11.6 Å². The number of hydrogen-bond donors (Lipinski definition) is 3. The molecule has 0 unspecified atom stereocenters. The number of aromatic amines is 1. The minimum atomic E-state index is -4.50. The van der Waals surface area contributed by atoms with Crippen molar-refractivity contribution in [3.63, 3.8) is 0 Å². The van der Waals surface area contributed by atoms with E-state index in [4.69, 9.17) is 0 Å². The number of pyridine rings is 1. The first-order valence-corrected chi connectivity index (χ1v) is 7.66. The lowest BCUT2D eigenvalue weighted by Crippen LogP contribution is -2.42. The van der Waals surface area contributed by atoms with Gasteiger partial charge in [-0.1, -0.05) is 0 Å². The van der Waals surface area contributed by atoms with Crippen LogP contribution in [0, 0.1) is 5.82 Å². The van der Waals surface area contributed by atoms with Gasteiger partial charge in [0.1, 0.15) is 29.9 Å². The molecule has 0 aliphatic rings. The number of hydrogen-bond acceptors (Lipinski definition) is 6. The number of aromatic nitrogens is 5. The molecular weight excluding hydrogens is 370 g/mol. The van der Waals surface area contributed by atoms with Crippen molar-refractivity contribution in [1.82, 2.24) is 30.5 Å². The molecule has 0 fully saturated rings. The number of carbonyl (C=O) groups excluding carboxylic acids is 1. The Morgan fingerprint density at radius 1 is 1.33 bits per heavy atom. The van der Waals surface area contributed by atoms with E-state index in [1.807, 2.05) is 0 Å². The lowest BCUT2D eigenvalue weighted by atomic mass is 10.2. The Kier molecular flexibility index (Phi) is 4.88. The van der Waals surface area contributed by atoms with Crippen molar-refractivity contribution in [3.05, 3.63) is 30.5 Å². The zero-order valence-electron chi connectivity index (χ0n) is 13.8. The molecule has 1 atom stereocenters. The number of amides is 1. The third-order valence-electron chi connectivity index (χ3n) is 3.52. The highest BCUT2D eigenvalue weighted by Gasteiger charge is 2.28. The molecule has 27 heavy (non-hydrogen) atoms. The largest absolute Gasteiger partial charge is 0.405 e. The second kappa shape index (κ2) is 7.13. The highest BCUT2D eigenvalue weighted by molar-refractivity contribution is 5.91. The quantitative estimate of drug-likeness (QED) is 0.582. The summed E-state index contributed by atoms with van der Waals surface area (Å²) in [5.41, 5.74) is 0.857. The molecule has 3 rings (SSSR count). The van der Waals surface area contributed by atoms with Crippen molar-refractivity contribution in [2.75, 3.05) is 11.9 Å². The predicted molar refractivity (Wildman–Crippen MR) is 87.0 cm³/mol. The van der Waals surface area contributed by atoms with Gasteiger partial charge in [0, 0.05) is 17.1 Å². The molecule has 3 N–H and O–H groups in total. The molecule has 1 amide bonds. The molecule has 3 aromatic rings. The zero-order valence-corrected chi connectivity index (χ0v) is 13.8. The van der Waals surface area contributed by atoms with Crippen molar-refractivity contribution in [2.24, 2.45) is 0 Å². The van der Waals surface area contributed by atoms with Gasteiger partial charge in [-0.2, -0.15) is 18.3 Å². The summed E-state index contributed by atoms with van der Waals surface area (Å²) in [6, 6.07) is 0.254. The molecule has 0 spiro atoms. The molecule has 0 saturated heterocycles. The van der Waals surface area contributed by atoms with Crippen LogP contribution in [-0.2, 0) is 4.79 Å². The van der Waals surface area contributed by atoms with E-state index >= 15 is 0 Å². The monoisotopic (exact) mass is 383 g/mol. The third-order valence-corrected chi connectivity index (χ3v) is 3.52. The number of rotatable bonds is 5. The summed E-state index contributed by atoms with van der Waals surface area (Å²) in [5.74, 6) is -1.15. The van der Waals surface area contributed by atoms with E-state index in [9.17, 15) is 22.4 Å². The molecule has 0 radical (unpaired) electrons. The summed E-state index contributed by atoms with van der Waals surface area (Å²) in [4.78, 5) is 22.6. The van der Waals surface area contributed by atoms with Gasteiger partial charge in [-0.25, -0.2) is 14.4 Å². The van der Waals surface area contributed by atoms with Crippen LogP contribution in [0.25, 0.3) is 22.4 Å². The number of nitrogens with one attached hydrogen (secondary N) is 3. The van der Waals surface area contributed by atoms with Crippen LogP contribution in [-0.4, -0.2) is 49.8 Å². The topological polar surface area (TPSA) is 108 Å². The van der Waals surface area contributed by atoms with E-state index in [2.05, 4.69) is 30.5 Å². The highest BCUT2D eigenvalue weighted by Crippen LogP contribution is 2.25. The number of carbonyl (C=O) groups is 1. The summed E-state index contributed by atoms with van der Waals surface area (Å²) in [5, 5.41) is 12.5. The van der Waals surface area contributed by atoms with Crippen LogP contribution in [0.1, 0.15) is 6.92 Å². The lowest BCUT2D eigenvalue weighted by molar-refractivity contribution is -0.138. The molecule has 0 bridgehead atoms. The van der Waals surface area contributed by atoms with Gasteiger partial charge in [-0.05, 0) is 13.0 Å². The van der Waals surface area contributed by atoms with Crippen LogP contribution < -0.4 is 10.6 Å². The number of H-pyrrole nitrogens is 1. The van der Waals surface area contributed by atoms with E-state index in [1.165, 1.54) is 25.4 Å². The average molecular weight is 383 g/mol. The molecule has 0 saturated carbocycles. The van der Waals surface area contributed by atoms with E-state index in [0.29, 0.717) is 16.6 Å². The molecule has 3 heterocycles. The van der Waals surface area contributed by atoms with Gasteiger partial charge < -0.3 is 15.6 Å². The minimum absolute atomic E-state index is 0.119. The van der Waals surface area contributed by atoms with Crippen molar-refractivity contribution < 1.29 is 22.4 Å². The normalized spacial score (nSPS) is 12.8. The molecule has 0 aliphatic carbocycles. The molecule has 12 heteroatoms. The van der Waals surface area contributed by atoms with Crippen molar-refractivity contribution >= 4 is 22.8 Å². The maximum Gasteiger partial charge on any atom is 0.405 e. The number of alkyl halides is 3. The van der Waals surface area contributed by atoms with Crippen molar-refractivity contribution in [3.8, 4) is 11.4 Å². The first-order chi connectivity index (χ1) is 12.7. The number of fused-ring (bicyclic) bond motifs is 1. The fourth-order valence-corrected chi connectivity index (χ4v) is 2.28. The standard InChI is InChI=1S/C15H13F4N7O/c1-7(14(27)22-6-15(17,18)19)24-11-5-23-26-13(25-11)10-4-21-12-9(10)2-8(16)3-20-12/h2-5,7H,6H2,1H3,(H,20,21)(H,22,27)(H,24,25,26)/t7-/m1/s1. The average Bonchev–Trinajstić information content (AvgIpc) is 3.02. The van der Waals surface area contributed by atoms with Crippen LogP contribution in [0.2, 0.25) is 0 Å².